The van der Waals surface area contributed by atoms with Crippen molar-refractivity contribution in [2.24, 2.45) is 16.8 Å². The lowest BCUT2D eigenvalue weighted by molar-refractivity contribution is 0.0796. The number of nitrogens with zero attached hydrogens (tertiary/aromatic N) is 5. The summed E-state index contributed by atoms with van der Waals surface area (Å²) in [6, 6.07) is 3.91. The van der Waals surface area contributed by atoms with Crippen LogP contribution < -0.4 is 10.2 Å². The second kappa shape index (κ2) is 7.20. The number of amides is 1. The highest BCUT2D eigenvalue weighted by molar-refractivity contribution is 6.02. The van der Waals surface area contributed by atoms with E-state index in [1.54, 1.807) is 17.1 Å². The fourth-order valence-electron chi connectivity index (χ4n) is 5.51. The molecule has 2 fully saturated rings. The van der Waals surface area contributed by atoms with E-state index >= 15 is 0 Å². The standard InChI is InChI=1S/C24H26F2N6O/c1-13-15(3-6-22(29-13)31-11-19-20(12-31)24(19,25)26)9-32-10-16(7-28-32)23(33)30-21-5-4-17-14(2)27-8-18(17)21/h3,6-7,10,19-21H,4-5,8-9,11-12H2,1-2H3,(H,30,33)/t19?,20?,21-/m1/s1. The molecule has 2 aliphatic carbocycles. The highest BCUT2D eigenvalue weighted by Crippen LogP contribution is 2.59. The number of halogens is 2. The molecule has 1 saturated heterocycles. The van der Waals surface area contributed by atoms with Gasteiger partial charge >= 0.3 is 0 Å². The number of alkyl halides is 2. The number of aliphatic imine (C=N–C) groups is 1. The van der Waals surface area contributed by atoms with E-state index in [1.807, 2.05) is 30.9 Å². The van der Waals surface area contributed by atoms with Crippen molar-refractivity contribution in [2.75, 3.05) is 24.5 Å². The van der Waals surface area contributed by atoms with Crippen LogP contribution in [0.5, 0.6) is 0 Å². The second-order valence-electron chi connectivity index (χ2n) is 9.60. The highest BCUT2D eigenvalue weighted by atomic mass is 19.3. The van der Waals surface area contributed by atoms with Crippen LogP contribution in [0.25, 0.3) is 0 Å². The Balaban J connectivity index is 1.09. The number of nitrogens with one attached hydrogen (secondary N) is 1. The van der Waals surface area contributed by atoms with Gasteiger partial charge in [0.2, 0.25) is 0 Å². The number of aromatic nitrogens is 3. The van der Waals surface area contributed by atoms with Crippen molar-refractivity contribution in [2.45, 2.75) is 45.2 Å². The summed E-state index contributed by atoms with van der Waals surface area (Å²) in [4.78, 5) is 23.9. The lowest BCUT2D eigenvalue weighted by Crippen LogP contribution is -2.35. The molecule has 2 unspecified atom stereocenters. The minimum Gasteiger partial charge on any atom is -0.356 e. The summed E-state index contributed by atoms with van der Waals surface area (Å²) >= 11 is 0. The fourth-order valence-corrected chi connectivity index (χ4v) is 5.51. The third kappa shape index (κ3) is 3.36. The van der Waals surface area contributed by atoms with Gasteiger partial charge in [-0.2, -0.15) is 5.10 Å². The first-order valence-electron chi connectivity index (χ1n) is 11.5. The Bertz CT molecular complexity index is 1200. The van der Waals surface area contributed by atoms with Gasteiger partial charge in [0.15, 0.2) is 0 Å². The van der Waals surface area contributed by atoms with Gasteiger partial charge in [0.1, 0.15) is 5.82 Å². The zero-order valence-electron chi connectivity index (χ0n) is 18.7. The molecule has 1 amide bonds. The summed E-state index contributed by atoms with van der Waals surface area (Å²) in [6.45, 7) is 5.86. The molecule has 4 heterocycles. The summed E-state index contributed by atoms with van der Waals surface area (Å²) in [5.41, 5.74) is 6.00. The van der Waals surface area contributed by atoms with Gasteiger partial charge in [0.05, 0.1) is 42.7 Å². The lowest BCUT2D eigenvalue weighted by Gasteiger charge is -2.21. The minimum atomic E-state index is -2.49. The smallest absolute Gasteiger partial charge is 0.258 e. The molecule has 33 heavy (non-hydrogen) atoms. The number of carbonyl (C=O) groups excluding carboxylic acids is 1. The van der Waals surface area contributed by atoms with Gasteiger partial charge in [-0.25, -0.2) is 13.8 Å². The molecule has 9 heteroatoms. The van der Waals surface area contributed by atoms with Crippen LogP contribution in [0.15, 0.2) is 40.7 Å². The number of piperidine rings is 1. The Labute approximate surface area is 190 Å². The molecule has 0 bridgehead atoms. The predicted octanol–water partition coefficient (Wildman–Crippen LogP) is 3.00. The zero-order valence-corrected chi connectivity index (χ0v) is 18.7. The van der Waals surface area contributed by atoms with Crippen molar-refractivity contribution in [3.8, 4) is 0 Å². The molecule has 172 valence electrons. The van der Waals surface area contributed by atoms with Gasteiger partial charge in [-0.05, 0) is 49.5 Å². The molecular formula is C24H26F2N6O. The Morgan fingerprint density at radius 1 is 1.24 bits per heavy atom. The summed E-state index contributed by atoms with van der Waals surface area (Å²) in [7, 11) is 0. The number of rotatable bonds is 5. The van der Waals surface area contributed by atoms with Gasteiger partial charge in [0.25, 0.3) is 11.8 Å². The first kappa shape index (κ1) is 20.5. The van der Waals surface area contributed by atoms with Crippen LogP contribution in [0.1, 0.15) is 41.4 Å². The van der Waals surface area contributed by atoms with Gasteiger partial charge < -0.3 is 10.2 Å². The molecule has 2 aromatic rings. The molecule has 4 aliphatic rings. The number of hydrogen-bond donors (Lipinski definition) is 1. The molecule has 0 spiro atoms. The molecule has 2 aliphatic heterocycles. The van der Waals surface area contributed by atoms with Gasteiger partial charge in [-0.3, -0.25) is 14.5 Å². The largest absolute Gasteiger partial charge is 0.356 e. The topological polar surface area (TPSA) is 75.4 Å². The Morgan fingerprint density at radius 2 is 2.03 bits per heavy atom. The number of aryl methyl sites for hydroxylation is 1. The van der Waals surface area contributed by atoms with E-state index in [0.29, 0.717) is 31.7 Å². The van der Waals surface area contributed by atoms with Gasteiger partial charge in [-0.1, -0.05) is 6.07 Å². The van der Waals surface area contributed by atoms with Crippen molar-refractivity contribution < 1.29 is 13.6 Å². The molecule has 3 atom stereocenters. The molecular weight excluding hydrogens is 426 g/mol. The summed E-state index contributed by atoms with van der Waals surface area (Å²) in [5.74, 6) is -2.91. The van der Waals surface area contributed by atoms with Crippen molar-refractivity contribution in [1.29, 1.82) is 0 Å². The van der Waals surface area contributed by atoms with Crippen molar-refractivity contribution in [1.82, 2.24) is 20.1 Å². The normalized spacial score (nSPS) is 27.0. The maximum atomic E-state index is 13.5. The number of hydrogen-bond acceptors (Lipinski definition) is 5. The van der Waals surface area contributed by atoms with Gasteiger partial charge in [-0.15, -0.1) is 0 Å². The molecule has 1 saturated carbocycles. The van der Waals surface area contributed by atoms with E-state index in [1.165, 1.54) is 11.1 Å². The minimum absolute atomic E-state index is 0.0487. The molecule has 7 nitrogen and oxygen atoms in total. The summed E-state index contributed by atoms with van der Waals surface area (Å²) < 4.78 is 28.7. The number of anilines is 1. The van der Waals surface area contributed by atoms with Crippen LogP contribution in [0, 0.1) is 18.8 Å². The first-order valence-corrected chi connectivity index (χ1v) is 11.5. The lowest BCUT2D eigenvalue weighted by atomic mass is 10.1. The third-order valence-electron chi connectivity index (χ3n) is 7.65. The van der Waals surface area contributed by atoms with E-state index in [4.69, 9.17) is 0 Å². The van der Waals surface area contributed by atoms with E-state index in [-0.39, 0.29) is 11.9 Å². The zero-order chi connectivity index (χ0) is 22.9. The van der Waals surface area contributed by atoms with Crippen LogP contribution in [-0.2, 0) is 6.54 Å². The van der Waals surface area contributed by atoms with Crippen molar-refractivity contribution in [3.05, 3.63) is 52.5 Å². The quantitative estimate of drug-likeness (QED) is 0.757. The molecule has 0 aromatic carbocycles. The van der Waals surface area contributed by atoms with Crippen LogP contribution in [0.3, 0.4) is 0 Å². The molecule has 2 aromatic heterocycles. The Hall–Kier alpha value is -3.10. The Morgan fingerprint density at radius 3 is 2.79 bits per heavy atom. The van der Waals surface area contributed by atoms with Crippen LogP contribution in [0.2, 0.25) is 0 Å². The van der Waals surface area contributed by atoms with E-state index in [0.717, 1.165) is 35.6 Å². The molecule has 6 rings (SSSR count). The number of allylic oxidation sites excluding steroid dienone is 1. The second-order valence-corrected chi connectivity index (χ2v) is 9.60. The van der Waals surface area contributed by atoms with E-state index in [9.17, 15) is 13.6 Å². The first-order chi connectivity index (χ1) is 15.8. The van der Waals surface area contributed by atoms with E-state index in [2.05, 4.69) is 20.4 Å². The fraction of sp³-hybridized carbons (Fsp3) is 0.500. The summed E-state index contributed by atoms with van der Waals surface area (Å²) in [5, 5.41) is 7.49. The molecule has 1 N–H and O–H groups in total. The average molecular weight is 453 g/mol. The number of fused-ring (bicyclic) bond motifs is 1. The van der Waals surface area contributed by atoms with Gasteiger partial charge in [0, 0.05) is 30.7 Å². The van der Waals surface area contributed by atoms with Crippen LogP contribution >= 0.6 is 0 Å². The SMILES string of the molecule is CC1=NCC2=C1CC[C@H]2NC(=O)c1cnn(Cc2ccc(N3CC4C(C3)C4(F)F)nc2C)c1. The highest BCUT2D eigenvalue weighted by Gasteiger charge is 2.71. The van der Waals surface area contributed by atoms with Crippen LogP contribution in [0.4, 0.5) is 14.6 Å². The maximum Gasteiger partial charge on any atom is 0.258 e. The third-order valence-corrected chi connectivity index (χ3v) is 7.65. The summed E-state index contributed by atoms with van der Waals surface area (Å²) in [6.07, 6.45) is 5.23. The van der Waals surface area contributed by atoms with Crippen molar-refractivity contribution in [3.63, 3.8) is 0 Å². The molecule has 0 radical (unpaired) electrons. The Kier molecular flexibility index (Phi) is 4.47. The predicted molar refractivity (Wildman–Crippen MR) is 120 cm³/mol. The monoisotopic (exact) mass is 452 g/mol. The number of pyridine rings is 1. The average Bonchev–Trinajstić information content (AvgIpc) is 3.41. The van der Waals surface area contributed by atoms with Crippen molar-refractivity contribution >= 4 is 17.4 Å². The van der Waals surface area contributed by atoms with Crippen LogP contribution in [-0.4, -0.2) is 58.0 Å². The number of carbonyl (C=O) groups is 1. The maximum absolute atomic E-state index is 13.5. The van der Waals surface area contributed by atoms with E-state index < -0.39 is 17.8 Å².